The molecule has 2 aromatic heterocycles. The van der Waals surface area contributed by atoms with Crippen LogP contribution in [0.15, 0.2) is 78.1 Å². The minimum atomic E-state index is -1.74. The van der Waals surface area contributed by atoms with Crippen molar-refractivity contribution in [3.05, 3.63) is 130 Å². The molecule has 222 valence electrons. The van der Waals surface area contributed by atoms with Crippen LogP contribution in [0.5, 0.6) is 0 Å². The first-order chi connectivity index (χ1) is 20.5. The van der Waals surface area contributed by atoms with Crippen LogP contribution in [-0.4, -0.2) is 39.7 Å². The van der Waals surface area contributed by atoms with Crippen molar-refractivity contribution >= 4 is 6.08 Å². The molecule has 1 N–H and O–H groups in total. The van der Waals surface area contributed by atoms with Gasteiger partial charge in [-0.1, -0.05) is 37.3 Å². The molecule has 3 aromatic carbocycles. The van der Waals surface area contributed by atoms with Crippen LogP contribution in [0.2, 0.25) is 0 Å². The van der Waals surface area contributed by atoms with Crippen LogP contribution >= 0.6 is 0 Å². The molecule has 0 bridgehead atoms. The summed E-state index contributed by atoms with van der Waals surface area (Å²) in [7, 11) is 0. The van der Waals surface area contributed by atoms with E-state index in [1.807, 2.05) is 0 Å². The van der Waals surface area contributed by atoms with Crippen LogP contribution in [0.3, 0.4) is 0 Å². The number of benzene rings is 3. The van der Waals surface area contributed by atoms with Gasteiger partial charge in [0, 0.05) is 29.3 Å². The first-order valence-electron chi connectivity index (χ1n) is 13.0. The third-order valence-corrected chi connectivity index (χ3v) is 7.07. The van der Waals surface area contributed by atoms with E-state index >= 15 is 0 Å². The van der Waals surface area contributed by atoms with Crippen LogP contribution < -0.4 is 5.69 Å². The van der Waals surface area contributed by atoms with Gasteiger partial charge in [-0.05, 0) is 46.5 Å². The highest BCUT2D eigenvalue weighted by Gasteiger charge is 2.38. The van der Waals surface area contributed by atoms with Gasteiger partial charge in [0.15, 0.2) is 0 Å². The number of halogens is 5. The Hall–Kier alpha value is -4.98. The first-order valence-corrected chi connectivity index (χ1v) is 13.0. The zero-order chi connectivity index (χ0) is 30.7. The zero-order valence-corrected chi connectivity index (χ0v) is 22.6. The first kappa shape index (κ1) is 29.5. The Morgan fingerprint density at radius 3 is 2.28 bits per heavy atom. The fourth-order valence-corrected chi connectivity index (χ4v) is 4.65. The predicted octanol–water partition coefficient (Wildman–Crippen LogP) is 4.39. The zero-order valence-electron chi connectivity index (χ0n) is 22.6. The second-order valence-corrected chi connectivity index (χ2v) is 9.95. The molecule has 2 atom stereocenters. The van der Waals surface area contributed by atoms with Crippen LogP contribution in [0, 0.1) is 35.0 Å². The summed E-state index contributed by atoms with van der Waals surface area (Å²) in [5, 5.41) is 23.1. The number of allylic oxidation sites excluding steroid dienone is 1. The van der Waals surface area contributed by atoms with Crippen molar-refractivity contribution in [2.45, 2.75) is 32.0 Å². The number of rotatable bonds is 10. The lowest BCUT2D eigenvalue weighted by Gasteiger charge is -2.34. The van der Waals surface area contributed by atoms with Crippen molar-refractivity contribution < 1.29 is 27.1 Å². The molecule has 5 aromatic rings. The van der Waals surface area contributed by atoms with Gasteiger partial charge in [0.2, 0.25) is 0 Å². The van der Waals surface area contributed by atoms with Crippen LogP contribution in [-0.2, 0) is 18.7 Å². The maximum Gasteiger partial charge on any atom is 0.368 e. The Labute approximate surface area is 241 Å². The van der Waals surface area contributed by atoms with Crippen molar-refractivity contribution in [1.82, 2.24) is 34.6 Å². The minimum Gasteiger partial charge on any atom is -0.383 e. The van der Waals surface area contributed by atoms with Gasteiger partial charge in [-0.3, -0.25) is 0 Å². The van der Waals surface area contributed by atoms with E-state index in [-0.39, 0.29) is 12.1 Å². The second-order valence-electron chi connectivity index (χ2n) is 9.95. The number of hydrogen-bond acceptors (Lipinski definition) is 6. The molecule has 9 nitrogen and oxygen atoms in total. The number of aliphatic hydroxyl groups is 1. The van der Waals surface area contributed by atoms with E-state index in [9.17, 15) is 31.9 Å². The molecule has 0 unspecified atom stereocenters. The molecule has 0 saturated carbocycles. The normalized spacial score (nSPS) is 13.8. The van der Waals surface area contributed by atoms with E-state index < -0.39 is 58.4 Å². The summed E-state index contributed by atoms with van der Waals surface area (Å²) >= 11 is 0. The summed E-state index contributed by atoms with van der Waals surface area (Å²) in [4.78, 5) is 16.6. The molecule has 0 fully saturated rings. The Kier molecular flexibility index (Phi) is 8.30. The van der Waals surface area contributed by atoms with Gasteiger partial charge in [-0.15, -0.1) is 0 Å². The van der Waals surface area contributed by atoms with E-state index in [1.165, 1.54) is 23.4 Å². The van der Waals surface area contributed by atoms with Crippen molar-refractivity contribution in [3.8, 4) is 5.69 Å². The Bertz CT molecular complexity index is 1800. The quantitative estimate of drug-likeness (QED) is 0.240. The summed E-state index contributed by atoms with van der Waals surface area (Å²) in [6.45, 7) is 1.03. The second kappa shape index (κ2) is 12.1. The molecule has 0 spiro atoms. The van der Waals surface area contributed by atoms with Crippen LogP contribution in [0.25, 0.3) is 11.8 Å². The van der Waals surface area contributed by atoms with Gasteiger partial charge in [-0.2, -0.15) is 14.5 Å². The minimum absolute atomic E-state index is 0.0713. The highest BCUT2D eigenvalue weighted by atomic mass is 19.2. The van der Waals surface area contributed by atoms with Gasteiger partial charge >= 0.3 is 5.69 Å². The van der Waals surface area contributed by atoms with Crippen molar-refractivity contribution in [3.63, 3.8) is 0 Å². The van der Waals surface area contributed by atoms with E-state index in [1.54, 1.807) is 43.3 Å². The van der Waals surface area contributed by atoms with Crippen molar-refractivity contribution in [2.75, 3.05) is 0 Å². The largest absolute Gasteiger partial charge is 0.383 e. The van der Waals surface area contributed by atoms with E-state index in [4.69, 9.17) is 0 Å². The molecule has 43 heavy (non-hydrogen) atoms. The van der Waals surface area contributed by atoms with E-state index in [0.717, 1.165) is 27.1 Å². The third kappa shape index (κ3) is 6.28. The number of aromatic nitrogens is 7. The van der Waals surface area contributed by atoms with E-state index in [0.29, 0.717) is 24.2 Å². The summed E-state index contributed by atoms with van der Waals surface area (Å²) in [5.74, 6) is -5.57. The topological polar surface area (TPSA) is 104 Å². The van der Waals surface area contributed by atoms with Crippen molar-refractivity contribution in [1.29, 1.82) is 0 Å². The summed E-state index contributed by atoms with van der Waals surface area (Å²) < 4.78 is 72.6. The summed E-state index contributed by atoms with van der Waals surface area (Å²) in [6.07, 6.45) is 6.52. The molecule has 14 heteroatoms. The smallest absolute Gasteiger partial charge is 0.368 e. The highest BCUT2D eigenvalue weighted by Crippen LogP contribution is 2.36. The van der Waals surface area contributed by atoms with Crippen molar-refractivity contribution in [2.24, 2.45) is 5.92 Å². The molecular weight excluding hydrogens is 573 g/mol. The Morgan fingerprint density at radius 1 is 0.930 bits per heavy atom. The third-order valence-electron chi connectivity index (χ3n) is 7.07. The van der Waals surface area contributed by atoms with Crippen LogP contribution in [0.4, 0.5) is 22.0 Å². The predicted molar refractivity (Wildman–Crippen MR) is 144 cm³/mol. The molecular formula is C29H24F5N7O2. The highest BCUT2D eigenvalue weighted by molar-refractivity contribution is 5.51. The van der Waals surface area contributed by atoms with Gasteiger partial charge in [0.25, 0.3) is 0 Å². The Morgan fingerprint density at radius 2 is 1.63 bits per heavy atom. The fourth-order valence-electron chi connectivity index (χ4n) is 4.65. The van der Waals surface area contributed by atoms with Gasteiger partial charge in [0.1, 0.15) is 47.3 Å². The molecule has 0 saturated heterocycles. The summed E-state index contributed by atoms with van der Waals surface area (Å²) in [6, 6.07) is 10.6. The number of tetrazole rings is 1. The maximum absolute atomic E-state index is 14.7. The fraction of sp³-hybridized carbons (Fsp3) is 0.207. The molecule has 0 amide bonds. The summed E-state index contributed by atoms with van der Waals surface area (Å²) in [5.41, 5.74) is -2.05. The van der Waals surface area contributed by atoms with Gasteiger partial charge < -0.3 is 5.11 Å². The monoisotopic (exact) mass is 597 g/mol. The van der Waals surface area contributed by atoms with Gasteiger partial charge in [0.05, 0.1) is 18.8 Å². The molecule has 0 radical (unpaired) electrons. The SMILES string of the molecule is C[C@@H](C/C=C/c1ccc(-n2nnn(Cc3c(F)cc(F)cc3F)c2=O)cc1)[C@](O)(Cn1cncn1)c1ccc(F)cc1F. The average molecular weight is 598 g/mol. The lowest BCUT2D eigenvalue weighted by Crippen LogP contribution is -2.39. The van der Waals surface area contributed by atoms with Gasteiger partial charge in [-0.25, -0.2) is 36.4 Å². The average Bonchev–Trinajstić information content (AvgIpc) is 3.60. The molecule has 2 heterocycles. The number of nitrogens with zero attached hydrogens (tertiary/aromatic N) is 7. The van der Waals surface area contributed by atoms with Crippen LogP contribution in [0.1, 0.15) is 30.0 Å². The molecule has 0 aliphatic carbocycles. The maximum atomic E-state index is 14.7. The molecule has 0 aliphatic heterocycles. The van der Waals surface area contributed by atoms with E-state index in [2.05, 4.69) is 20.5 Å². The molecule has 0 aliphatic rings. The molecule has 5 rings (SSSR count). The lowest BCUT2D eigenvalue weighted by molar-refractivity contribution is -0.0379. The standard InChI is InChI=1S/C29H24F5N7O2/c1-18(29(43,15-39-17-35-16-36-39)24-10-7-20(30)11-27(24)34)3-2-4-19-5-8-22(9-6-19)41-28(42)40(37-38-41)14-23-25(32)12-21(31)13-26(23)33/h2,4-13,16-18,43H,3,14-15H2,1H3/b4-2+/t18-,29+/m0/s1. The lowest BCUT2D eigenvalue weighted by atomic mass is 9.80. The number of hydrogen-bond donors (Lipinski definition) is 1. The Balaban J connectivity index is 1.30.